The highest BCUT2D eigenvalue weighted by atomic mass is 79.9. The normalized spacial score (nSPS) is 10.4. The summed E-state index contributed by atoms with van der Waals surface area (Å²) in [7, 11) is 1.25. The average Bonchev–Trinajstić information content (AvgIpc) is 2.86. The number of carbonyl (C=O) groups is 1. The molecule has 8 heteroatoms. The topological polar surface area (TPSA) is 65.2 Å². The van der Waals surface area contributed by atoms with Gasteiger partial charge in [0.2, 0.25) is 0 Å². The van der Waals surface area contributed by atoms with Crippen LogP contribution >= 0.6 is 43.2 Å². The highest BCUT2D eigenvalue weighted by molar-refractivity contribution is 9.13. The van der Waals surface area contributed by atoms with Crippen LogP contribution < -0.4 is 0 Å². The van der Waals surface area contributed by atoms with Gasteiger partial charge in [0.25, 0.3) is 5.89 Å². The van der Waals surface area contributed by atoms with E-state index in [1.807, 2.05) is 6.07 Å². The first-order chi connectivity index (χ1) is 7.61. The van der Waals surface area contributed by atoms with E-state index in [0.29, 0.717) is 0 Å². The molecule has 2 aromatic heterocycles. The second kappa shape index (κ2) is 4.64. The number of carbonyl (C=O) groups excluding carboxylic acids is 1. The molecule has 0 fully saturated rings. The first-order valence-electron chi connectivity index (χ1n) is 3.99. The molecule has 0 radical (unpaired) electrons. The van der Waals surface area contributed by atoms with Gasteiger partial charge in [0.1, 0.15) is 0 Å². The van der Waals surface area contributed by atoms with Crippen LogP contribution in [0.15, 0.2) is 18.7 Å². The van der Waals surface area contributed by atoms with Crippen LogP contribution in [0.3, 0.4) is 0 Å². The molecule has 84 valence electrons. The van der Waals surface area contributed by atoms with E-state index in [1.54, 1.807) is 0 Å². The Kier molecular flexibility index (Phi) is 3.41. The lowest BCUT2D eigenvalue weighted by atomic mass is 10.5. The summed E-state index contributed by atoms with van der Waals surface area (Å²) in [4.78, 5) is 11.9. The third-order valence-electron chi connectivity index (χ3n) is 1.64. The summed E-state index contributed by atoms with van der Waals surface area (Å²) in [5, 5.41) is 7.35. The van der Waals surface area contributed by atoms with Crippen molar-refractivity contribution >= 4 is 49.2 Å². The van der Waals surface area contributed by atoms with Crippen molar-refractivity contribution in [3.8, 4) is 10.8 Å². The highest BCUT2D eigenvalue weighted by Gasteiger charge is 2.18. The van der Waals surface area contributed by atoms with E-state index in [2.05, 4.69) is 46.8 Å². The van der Waals surface area contributed by atoms with Crippen LogP contribution in [0.4, 0.5) is 0 Å². The van der Waals surface area contributed by atoms with Gasteiger partial charge in [-0.15, -0.1) is 21.5 Å². The van der Waals surface area contributed by atoms with E-state index in [0.717, 1.165) is 13.1 Å². The maximum atomic E-state index is 11.1. The molecule has 0 N–H and O–H groups in total. The van der Waals surface area contributed by atoms with Gasteiger partial charge in [-0.25, -0.2) is 4.79 Å². The number of esters is 1. The van der Waals surface area contributed by atoms with Gasteiger partial charge in [-0.3, -0.25) is 0 Å². The fraction of sp³-hybridized carbons (Fsp3) is 0.125. The number of aromatic nitrogens is 2. The zero-order valence-corrected chi connectivity index (χ0v) is 11.8. The average molecular weight is 368 g/mol. The third-order valence-corrected chi connectivity index (χ3v) is 4.89. The van der Waals surface area contributed by atoms with Gasteiger partial charge >= 0.3 is 11.9 Å². The molecule has 2 aromatic rings. The number of nitrogens with zero attached hydrogens (tertiary/aromatic N) is 2. The van der Waals surface area contributed by atoms with Crippen molar-refractivity contribution < 1.29 is 13.9 Å². The Morgan fingerprint density at radius 2 is 2.25 bits per heavy atom. The van der Waals surface area contributed by atoms with Crippen LogP contribution in [0.2, 0.25) is 0 Å². The van der Waals surface area contributed by atoms with Crippen molar-refractivity contribution in [2.75, 3.05) is 7.11 Å². The van der Waals surface area contributed by atoms with Crippen molar-refractivity contribution in [1.82, 2.24) is 10.2 Å². The molecule has 0 aromatic carbocycles. The van der Waals surface area contributed by atoms with Gasteiger partial charge in [0.15, 0.2) is 0 Å². The van der Waals surface area contributed by atoms with Crippen molar-refractivity contribution in [3.05, 3.63) is 20.2 Å². The van der Waals surface area contributed by atoms with E-state index >= 15 is 0 Å². The van der Waals surface area contributed by atoms with E-state index in [-0.39, 0.29) is 11.8 Å². The first kappa shape index (κ1) is 11.7. The summed E-state index contributed by atoms with van der Waals surface area (Å²) in [6.07, 6.45) is 0. The summed E-state index contributed by atoms with van der Waals surface area (Å²) in [6.45, 7) is 0. The van der Waals surface area contributed by atoms with Gasteiger partial charge in [0, 0.05) is 4.47 Å². The molecule has 2 rings (SSSR count). The number of ether oxygens (including phenoxy) is 1. The Morgan fingerprint density at radius 3 is 2.81 bits per heavy atom. The van der Waals surface area contributed by atoms with E-state index in [9.17, 15) is 4.79 Å². The van der Waals surface area contributed by atoms with Crippen LogP contribution in [-0.4, -0.2) is 23.3 Å². The van der Waals surface area contributed by atoms with Crippen molar-refractivity contribution in [2.45, 2.75) is 0 Å². The standard InChI is InChI=1S/C8H4Br2N2O3S/c1-14-8(13)7-12-11-6(15-7)4-2-3(9)5(10)16-4/h2H,1H3. The van der Waals surface area contributed by atoms with Gasteiger partial charge < -0.3 is 9.15 Å². The minimum atomic E-state index is -0.645. The minimum Gasteiger partial charge on any atom is -0.462 e. The minimum absolute atomic E-state index is 0.154. The monoisotopic (exact) mass is 366 g/mol. The molecule has 0 aliphatic carbocycles. The van der Waals surface area contributed by atoms with Crippen LogP contribution in [0.5, 0.6) is 0 Å². The van der Waals surface area contributed by atoms with Crippen LogP contribution in [0, 0.1) is 0 Å². The molecule has 0 amide bonds. The van der Waals surface area contributed by atoms with Gasteiger partial charge in [0.05, 0.1) is 15.8 Å². The number of hydrogen-bond acceptors (Lipinski definition) is 6. The Morgan fingerprint density at radius 1 is 1.50 bits per heavy atom. The predicted octanol–water partition coefficient (Wildman–Crippen LogP) is 3.11. The third kappa shape index (κ3) is 2.18. The van der Waals surface area contributed by atoms with Crippen molar-refractivity contribution in [1.29, 1.82) is 0 Å². The fourth-order valence-electron chi connectivity index (χ4n) is 0.945. The number of hydrogen-bond donors (Lipinski definition) is 0. The smallest absolute Gasteiger partial charge is 0.396 e. The molecule has 0 spiro atoms. The summed E-state index contributed by atoms with van der Waals surface area (Å²) >= 11 is 8.12. The lowest BCUT2D eigenvalue weighted by Gasteiger charge is -1.89. The van der Waals surface area contributed by atoms with E-state index in [4.69, 9.17) is 4.42 Å². The van der Waals surface area contributed by atoms with Gasteiger partial charge in [-0.05, 0) is 37.9 Å². The second-order valence-electron chi connectivity index (χ2n) is 2.64. The van der Waals surface area contributed by atoms with Crippen LogP contribution in [0.1, 0.15) is 10.7 Å². The summed E-state index contributed by atoms with van der Waals surface area (Å²) in [5.74, 6) is -0.511. The van der Waals surface area contributed by atoms with Crippen molar-refractivity contribution in [2.24, 2.45) is 0 Å². The Hall–Kier alpha value is -0.730. The maximum absolute atomic E-state index is 11.1. The zero-order chi connectivity index (χ0) is 11.7. The zero-order valence-electron chi connectivity index (χ0n) is 7.86. The quantitative estimate of drug-likeness (QED) is 0.763. The maximum Gasteiger partial charge on any atom is 0.396 e. The Bertz CT molecular complexity index is 518. The molecule has 2 heterocycles. The first-order valence-corrected chi connectivity index (χ1v) is 6.39. The number of rotatable bonds is 2. The largest absolute Gasteiger partial charge is 0.462 e. The molecule has 0 saturated heterocycles. The Balaban J connectivity index is 2.35. The molecule has 0 aliphatic rings. The SMILES string of the molecule is COC(=O)c1nnc(-c2cc(Br)c(Br)s2)o1. The van der Waals surface area contributed by atoms with Crippen LogP contribution in [0.25, 0.3) is 10.8 Å². The molecule has 0 unspecified atom stereocenters. The lowest BCUT2D eigenvalue weighted by molar-refractivity contribution is 0.0557. The number of thiophene rings is 1. The second-order valence-corrected chi connectivity index (χ2v) is 5.86. The molecule has 16 heavy (non-hydrogen) atoms. The molecule has 0 aliphatic heterocycles. The summed E-state index contributed by atoms with van der Waals surface area (Å²) in [6, 6.07) is 1.82. The molecule has 0 atom stereocenters. The molecular formula is C8H4Br2N2O3S. The molecule has 5 nitrogen and oxygen atoms in total. The van der Waals surface area contributed by atoms with E-state index < -0.39 is 5.97 Å². The van der Waals surface area contributed by atoms with E-state index in [1.165, 1.54) is 18.4 Å². The number of methoxy groups -OCH3 is 1. The van der Waals surface area contributed by atoms with Crippen molar-refractivity contribution in [3.63, 3.8) is 0 Å². The summed E-state index contributed by atoms with van der Waals surface area (Å²) in [5.41, 5.74) is 0. The van der Waals surface area contributed by atoms with Crippen LogP contribution in [-0.2, 0) is 4.74 Å². The molecular weight excluding hydrogens is 364 g/mol. The highest BCUT2D eigenvalue weighted by Crippen LogP contribution is 2.37. The molecule has 0 saturated carbocycles. The predicted molar refractivity (Wildman–Crippen MR) is 64.4 cm³/mol. The van der Waals surface area contributed by atoms with Gasteiger partial charge in [-0.2, -0.15) is 0 Å². The summed E-state index contributed by atoms with van der Waals surface area (Å²) < 4.78 is 11.4. The molecule has 0 bridgehead atoms. The lowest BCUT2D eigenvalue weighted by Crippen LogP contribution is -2.00. The number of halogens is 2. The van der Waals surface area contributed by atoms with Gasteiger partial charge in [-0.1, -0.05) is 0 Å². The fourth-order valence-corrected chi connectivity index (χ4v) is 2.90. The Labute approximate surface area is 111 Å².